The average Bonchev–Trinajstić information content (AvgIpc) is 2.09. The predicted octanol–water partition coefficient (Wildman–Crippen LogP) is 1.52. The van der Waals surface area contributed by atoms with Crippen LogP contribution in [0.25, 0.3) is 0 Å². The standard InChI is InChI=1S/C7H9O5P/c1-11-13(9,10)12-7-4-2-6(8)3-5-7/h2-5,8H,1H3,(H,9,10). The van der Waals surface area contributed by atoms with E-state index in [0.717, 1.165) is 7.11 Å². The fraction of sp³-hybridized carbons (Fsp3) is 0.143. The summed E-state index contributed by atoms with van der Waals surface area (Å²) in [6.07, 6.45) is 0. The zero-order valence-electron chi connectivity index (χ0n) is 6.88. The highest BCUT2D eigenvalue weighted by molar-refractivity contribution is 7.47. The molecule has 0 fully saturated rings. The lowest BCUT2D eigenvalue weighted by molar-refractivity contribution is 0.242. The molecule has 1 aromatic rings. The van der Waals surface area contributed by atoms with Crippen LogP contribution in [0.2, 0.25) is 0 Å². The van der Waals surface area contributed by atoms with Gasteiger partial charge in [0.15, 0.2) is 0 Å². The smallest absolute Gasteiger partial charge is 0.508 e. The molecule has 1 unspecified atom stereocenters. The minimum absolute atomic E-state index is 0.0533. The maximum atomic E-state index is 10.9. The normalized spacial score (nSPS) is 14.9. The van der Waals surface area contributed by atoms with Crippen LogP contribution in [0.5, 0.6) is 11.5 Å². The number of rotatable bonds is 3. The van der Waals surface area contributed by atoms with Gasteiger partial charge in [-0.05, 0) is 24.3 Å². The number of phenolic OH excluding ortho intramolecular Hbond substituents is 1. The molecule has 0 saturated heterocycles. The topological polar surface area (TPSA) is 76.0 Å². The summed E-state index contributed by atoms with van der Waals surface area (Å²) in [5.41, 5.74) is 0. The number of hydrogen-bond acceptors (Lipinski definition) is 4. The molecule has 1 aromatic carbocycles. The maximum absolute atomic E-state index is 10.9. The summed E-state index contributed by atoms with van der Waals surface area (Å²) in [7, 11) is -2.92. The molecule has 0 saturated carbocycles. The van der Waals surface area contributed by atoms with E-state index in [9.17, 15) is 4.57 Å². The van der Waals surface area contributed by atoms with E-state index in [2.05, 4.69) is 9.05 Å². The number of phenols is 1. The van der Waals surface area contributed by atoms with E-state index >= 15 is 0 Å². The molecule has 13 heavy (non-hydrogen) atoms. The van der Waals surface area contributed by atoms with Crippen LogP contribution in [-0.2, 0) is 9.09 Å². The lowest BCUT2D eigenvalue weighted by atomic mass is 10.3. The number of aromatic hydroxyl groups is 1. The molecule has 1 atom stereocenters. The van der Waals surface area contributed by atoms with Gasteiger partial charge in [0.05, 0.1) is 0 Å². The van der Waals surface area contributed by atoms with E-state index in [0.29, 0.717) is 0 Å². The maximum Gasteiger partial charge on any atom is 0.527 e. The molecule has 0 aromatic heterocycles. The van der Waals surface area contributed by atoms with Crippen LogP contribution in [0, 0.1) is 0 Å². The average molecular weight is 204 g/mol. The van der Waals surface area contributed by atoms with Crippen molar-refractivity contribution in [3.05, 3.63) is 24.3 Å². The molecule has 0 aliphatic carbocycles. The summed E-state index contributed by atoms with van der Waals surface area (Å²) < 4.78 is 19.7. The predicted molar refractivity (Wildman–Crippen MR) is 45.6 cm³/mol. The van der Waals surface area contributed by atoms with Crippen molar-refractivity contribution >= 4 is 7.82 Å². The minimum atomic E-state index is -3.99. The first kappa shape index (κ1) is 10.1. The third-order valence-electron chi connectivity index (χ3n) is 1.29. The molecule has 6 heteroatoms. The zero-order valence-corrected chi connectivity index (χ0v) is 7.77. The Labute approximate surface area is 75.2 Å². The van der Waals surface area contributed by atoms with E-state index in [1.54, 1.807) is 0 Å². The molecule has 1 rings (SSSR count). The second-order valence-electron chi connectivity index (χ2n) is 2.24. The van der Waals surface area contributed by atoms with Crippen LogP contribution >= 0.6 is 7.82 Å². The number of benzene rings is 1. The van der Waals surface area contributed by atoms with Crippen LogP contribution in [0.15, 0.2) is 24.3 Å². The Morgan fingerprint density at radius 3 is 2.31 bits per heavy atom. The number of phosphoric acid groups is 1. The zero-order chi connectivity index (χ0) is 9.90. The highest BCUT2D eigenvalue weighted by Gasteiger charge is 2.19. The summed E-state index contributed by atoms with van der Waals surface area (Å²) in [4.78, 5) is 8.89. The summed E-state index contributed by atoms with van der Waals surface area (Å²) in [6, 6.07) is 5.39. The lowest BCUT2D eigenvalue weighted by Crippen LogP contribution is -1.92. The lowest BCUT2D eigenvalue weighted by Gasteiger charge is -2.09. The van der Waals surface area contributed by atoms with Crippen molar-refractivity contribution < 1.29 is 23.6 Å². The number of phosphoric ester groups is 1. The second kappa shape index (κ2) is 3.79. The fourth-order valence-corrected chi connectivity index (χ4v) is 1.14. The first-order valence-electron chi connectivity index (χ1n) is 3.41. The highest BCUT2D eigenvalue weighted by atomic mass is 31.2. The molecule has 5 nitrogen and oxygen atoms in total. The molecule has 72 valence electrons. The third-order valence-corrected chi connectivity index (χ3v) is 2.19. The van der Waals surface area contributed by atoms with Crippen molar-refractivity contribution in [1.82, 2.24) is 0 Å². The van der Waals surface area contributed by atoms with Crippen molar-refractivity contribution in [2.24, 2.45) is 0 Å². The molecule has 0 spiro atoms. The van der Waals surface area contributed by atoms with Gasteiger partial charge in [0, 0.05) is 7.11 Å². The van der Waals surface area contributed by atoms with Crippen LogP contribution in [0.4, 0.5) is 0 Å². The van der Waals surface area contributed by atoms with Crippen molar-refractivity contribution in [1.29, 1.82) is 0 Å². The Bertz CT molecular complexity index is 320. The van der Waals surface area contributed by atoms with Gasteiger partial charge in [-0.2, -0.15) is 0 Å². The van der Waals surface area contributed by atoms with E-state index in [1.807, 2.05) is 0 Å². The Morgan fingerprint density at radius 1 is 1.31 bits per heavy atom. The van der Waals surface area contributed by atoms with Gasteiger partial charge in [-0.25, -0.2) is 4.57 Å². The Balaban J connectivity index is 2.75. The van der Waals surface area contributed by atoms with Gasteiger partial charge in [0.1, 0.15) is 11.5 Å². The monoisotopic (exact) mass is 204 g/mol. The molecular formula is C7H9O5P. The van der Waals surface area contributed by atoms with Gasteiger partial charge in [0.2, 0.25) is 0 Å². The van der Waals surface area contributed by atoms with Gasteiger partial charge in [0.25, 0.3) is 0 Å². The Morgan fingerprint density at radius 2 is 1.85 bits per heavy atom. The third kappa shape index (κ3) is 3.06. The minimum Gasteiger partial charge on any atom is -0.508 e. The summed E-state index contributed by atoms with van der Waals surface area (Å²) in [5.74, 6) is 0.211. The molecule has 0 aliphatic rings. The van der Waals surface area contributed by atoms with Crippen molar-refractivity contribution in [2.45, 2.75) is 0 Å². The van der Waals surface area contributed by atoms with Gasteiger partial charge >= 0.3 is 7.82 Å². The Kier molecular flexibility index (Phi) is 2.93. The van der Waals surface area contributed by atoms with E-state index in [4.69, 9.17) is 10.00 Å². The van der Waals surface area contributed by atoms with Gasteiger partial charge in [-0.15, -0.1) is 0 Å². The van der Waals surface area contributed by atoms with E-state index in [1.165, 1.54) is 24.3 Å². The van der Waals surface area contributed by atoms with E-state index in [-0.39, 0.29) is 11.5 Å². The fourth-order valence-electron chi connectivity index (χ4n) is 0.677. The summed E-state index contributed by atoms with van der Waals surface area (Å²) in [6.45, 7) is 0. The first-order chi connectivity index (χ1) is 6.03. The summed E-state index contributed by atoms with van der Waals surface area (Å²) in [5, 5.41) is 8.89. The van der Waals surface area contributed by atoms with Gasteiger partial charge in [-0.3, -0.25) is 9.42 Å². The SMILES string of the molecule is COP(=O)(O)Oc1ccc(O)cc1. The largest absolute Gasteiger partial charge is 0.527 e. The van der Waals surface area contributed by atoms with Crippen LogP contribution in [0.3, 0.4) is 0 Å². The van der Waals surface area contributed by atoms with Crippen LogP contribution in [-0.4, -0.2) is 17.1 Å². The van der Waals surface area contributed by atoms with E-state index < -0.39 is 7.82 Å². The number of hydrogen-bond donors (Lipinski definition) is 2. The first-order valence-corrected chi connectivity index (χ1v) is 4.90. The molecule has 0 heterocycles. The van der Waals surface area contributed by atoms with Crippen LogP contribution < -0.4 is 4.52 Å². The van der Waals surface area contributed by atoms with Crippen molar-refractivity contribution in [2.75, 3.05) is 7.11 Å². The van der Waals surface area contributed by atoms with Crippen LogP contribution in [0.1, 0.15) is 0 Å². The Hall–Kier alpha value is -1.03. The molecule has 2 N–H and O–H groups in total. The summed E-state index contributed by atoms with van der Waals surface area (Å²) >= 11 is 0. The highest BCUT2D eigenvalue weighted by Crippen LogP contribution is 2.42. The molecule has 0 amide bonds. The second-order valence-corrected chi connectivity index (χ2v) is 3.72. The van der Waals surface area contributed by atoms with Gasteiger partial charge < -0.3 is 9.63 Å². The van der Waals surface area contributed by atoms with Gasteiger partial charge in [-0.1, -0.05) is 0 Å². The molecule has 0 aliphatic heterocycles. The van der Waals surface area contributed by atoms with Crippen molar-refractivity contribution in [3.63, 3.8) is 0 Å². The molecule has 0 radical (unpaired) electrons. The molecular weight excluding hydrogens is 195 g/mol. The quantitative estimate of drug-likeness (QED) is 0.730. The van der Waals surface area contributed by atoms with Crippen molar-refractivity contribution in [3.8, 4) is 11.5 Å². The molecule has 0 bridgehead atoms.